The number of aromatic nitrogens is 5. The van der Waals surface area contributed by atoms with Crippen molar-refractivity contribution in [2.24, 2.45) is 5.92 Å². The van der Waals surface area contributed by atoms with E-state index < -0.39 is 5.56 Å². The molecule has 0 aromatic carbocycles. The number of hydrogen-bond donors (Lipinski definition) is 3. The van der Waals surface area contributed by atoms with Crippen LogP contribution in [0.5, 0.6) is 0 Å². The molecule has 0 spiro atoms. The van der Waals surface area contributed by atoms with E-state index in [1.807, 2.05) is 6.92 Å². The Kier molecular flexibility index (Phi) is 2.72. The maximum atomic E-state index is 11.7. The lowest BCUT2D eigenvalue weighted by Crippen LogP contribution is -2.18. The standard InChI is InChI=1S/C10H14N6O3/c1-4-2-5(3-17)19-6(4)7-13-14-8-9(18)12-10(11)15-16(7)8/h4-6,17H,2-3H2,1H3,(H3,11,12,15,18)/t4-,5-,6+/m0/s1. The molecule has 102 valence electrons. The van der Waals surface area contributed by atoms with Crippen LogP contribution < -0.4 is 11.3 Å². The van der Waals surface area contributed by atoms with Crippen LogP contribution in [0.4, 0.5) is 5.95 Å². The van der Waals surface area contributed by atoms with Crippen LogP contribution in [0.3, 0.4) is 0 Å². The van der Waals surface area contributed by atoms with Crippen LogP contribution in [0.1, 0.15) is 25.3 Å². The quantitative estimate of drug-likeness (QED) is 0.625. The fourth-order valence-electron chi connectivity index (χ4n) is 2.38. The fourth-order valence-corrected chi connectivity index (χ4v) is 2.38. The molecule has 1 fully saturated rings. The average Bonchev–Trinajstić information content (AvgIpc) is 2.92. The van der Waals surface area contributed by atoms with Crippen LogP contribution in [0.25, 0.3) is 5.65 Å². The Morgan fingerprint density at radius 2 is 2.37 bits per heavy atom. The summed E-state index contributed by atoms with van der Waals surface area (Å²) in [6, 6.07) is 0. The average molecular weight is 266 g/mol. The number of rotatable bonds is 2. The van der Waals surface area contributed by atoms with Crippen LogP contribution in [0.2, 0.25) is 0 Å². The van der Waals surface area contributed by atoms with Crippen LogP contribution in [-0.2, 0) is 4.74 Å². The lowest BCUT2D eigenvalue weighted by atomic mass is 10.0. The summed E-state index contributed by atoms with van der Waals surface area (Å²) in [5, 5.41) is 20.9. The molecule has 0 aliphatic carbocycles. The van der Waals surface area contributed by atoms with Crippen LogP contribution >= 0.6 is 0 Å². The molecule has 9 heteroatoms. The minimum Gasteiger partial charge on any atom is -0.394 e. The van der Waals surface area contributed by atoms with Crippen molar-refractivity contribution in [1.29, 1.82) is 0 Å². The summed E-state index contributed by atoms with van der Waals surface area (Å²) in [5.41, 5.74) is 5.14. The smallest absolute Gasteiger partial charge is 0.297 e. The first-order valence-corrected chi connectivity index (χ1v) is 5.97. The van der Waals surface area contributed by atoms with Crippen molar-refractivity contribution in [3.05, 3.63) is 16.2 Å². The molecule has 0 amide bonds. The van der Waals surface area contributed by atoms with Crippen molar-refractivity contribution >= 4 is 11.6 Å². The molecule has 1 aliphatic rings. The lowest BCUT2D eigenvalue weighted by molar-refractivity contribution is 0.000338. The monoisotopic (exact) mass is 266 g/mol. The van der Waals surface area contributed by atoms with Crippen LogP contribution in [0, 0.1) is 5.92 Å². The van der Waals surface area contributed by atoms with E-state index in [-0.39, 0.29) is 36.3 Å². The van der Waals surface area contributed by atoms with E-state index in [2.05, 4.69) is 20.3 Å². The Morgan fingerprint density at radius 1 is 1.58 bits per heavy atom. The summed E-state index contributed by atoms with van der Waals surface area (Å²) in [7, 11) is 0. The Labute approximate surface area is 107 Å². The second-order valence-electron chi connectivity index (χ2n) is 4.71. The van der Waals surface area contributed by atoms with Crippen LogP contribution in [-0.4, -0.2) is 42.6 Å². The van der Waals surface area contributed by atoms with Gasteiger partial charge >= 0.3 is 0 Å². The normalized spacial score (nSPS) is 27.2. The van der Waals surface area contributed by atoms with E-state index in [0.29, 0.717) is 5.82 Å². The number of nitrogens with one attached hydrogen (secondary N) is 1. The third-order valence-electron chi connectivity index (χ3n) is 3.27. The van der Waals surface area contributed by atoms with Gasteiger partial charge in [-0.15, -0.1) is 15.3 Å². The highest BCUT2D eigenvalue weighted by molar-refractivity contribution is 5.35. The van der Waals surface area contributed by atoms with Crippen molar-refractivity contribution in [1.82, 2.24) is 24.8 Å². The van der Waals surface area contributed by atoms with Crippen molar-refractivity contribution < 1.29 is 9.84 Å². The van der Waals surface area contributed by atoms with Crippen molar-refractivity contribution in [3.8, 4) is 0 Å². The Hall–Kier alpha value is -2.00. The predicted molar refractivity (Wildman–Crippen MR) is 64.3 cm³/mol. The highest BCUT2D eigenvalue weighted by atomic mass is 16.5. The first kappa shape index (κ1) is 12.1. The zero-order valence-corrected chi connectivity index (χ0v) is 10.3. The summed E-state index contributed by atoms with van der Waals surface area (Å²) in [4.78, 5) is 14.0. The van der Waals surface area contributed by atoms with Gasteiger partial charge in [0.2, 0.25) is 11.6 Å². The van der Waals surface area contributed by atoms with E-state index in [1.54, 1.807) is 0 Å². The van der Waals surface area contributed by atoms with Gasteiger partial charge in [0, 0.05) is 0 Å². The number of hydrogen-bond acceptors (Lipinski definition) is 7. The fraction of sp³-hybridized carbons (Fsp3) is 0.600. The summed E-state index contributed by atoms with van der Waals surface area (Å²) in [6.07, 6.45) is 0.127. The molecule has 0 saturated carbocycles. The molecule has 1 saturated heterocycles. The van der Waals surface area contributed by atoms with E-state index in [9.17, 15) is 4.79 Å². The van der Waals surface area contributed by atoms with Gasteiger partial charge in [-0.25, -0.2) is 0 Å². The third kappa shape index (κ3) is 1.87. The Bertz CT molecular complexity index is 665. The highest BCUT2D eigenvalue weighted by Gasteiger charge is 2.36. The van der Waals surface area contributed by atoms with Gasteiger partial charge < -0.3 is 15.6 Å². The van der Waals surface area contributed by atoms with E-state index in [0.717, 1.165) is 6.42 Å². The summed E-state index contributed by atoms with van der Waals surface area (Å²) < 4.78 is 6.99. The molecule has 3 heterocycles. The van der Waals surface area contributed by atoms with E-state index >= 15 is 0 Å². The maximum Gasteiger partial charge on any atom is 0.297 e. The molecule has 1 aliphatic heterocycles. The van der Waals surface area contributed by atoms with Crippen LogP contribution in [0.15, 0.2) is 4.79 Å². The van der Waals surface area contributed by atoms with Gasteiger partial charge in [-0.1, -0.05) is 6.92 Å². The number of H-pyrrole nitrogens is 1. The first-order chi connectivity index (χ1) is 9.10. The van der Waals surface area contributed by atoms with Gasteiger partial charge in [-0.3, -0.25) is 9.78 Å². The molecular weight excluding hydrogens is 252 g/mol. The third-order valence-corrected chi connectivity index (χ3v) is 3.27. The number of anilines is 1. The van der Waals surface area contributed by atoms with Gasteiger partial charge in [-0.05, 0) is 12.3 Å². The topological polar surface area (TPSA) is 131 Å². The highest BCUT2D eigenvalue weighted by Crippen LogP contribution is 2.36. The number of nitrogen functional groups attached to an aromatic ring is 1. The number of aliphatic hydroxyl groups is 1. The Balaban J connectivity index is 2.09. The number of fused-ring (bicyclic) bond motifs is 1. The van der Waals surface area contributed by atoms with Crippen molar-refractivity contribution in [3.63, 3.8) is 0 Å². The molecule has 19 heavy (non-hydrogen) atoms. The zero-order chi connectivity index (χ0) is 13.6. The number of aliphatic hydroxyl groups excluding tert-OH is 1. The number of aromatic amines is 1. The molecule has 3 atom stereocenters. The van der Waals surface area contributed by atoms with E-state index in [1.165, 1.54) is 4.52 Å². The lowest BCUT2D eigenvalue weighted by Gasteiger charge is -2.12. The van der Waals surface area contributed by atoms with E-state index in [4.69, 9.17) is 15.6 Å². The molecule has 0 radical (unpaired) electrons. The summed E-state index contributed by atoms with van der Waals surface area (Å²) >= 11 is 0. The summed E-state index contributed by atoms with van der Waals surface area (Å²) in [5.74, 6) is 0.561. The summed E-state index contributed by atoms with van der Waals surface area (Å²) in [6.45, 7) is 1.94. The number of ether oxygens (including phenoxy) is 1. The molecule has 2 aromatic rings. The molecule has 9 nitrogen and oxygen atoms in total. The molecular formula is C10H14N6O3. The van der Waals surface area contributed by atoms with Gasteiger partial charge in [0.05, 0.1) is 12.7 Å². The number of nitrogens with two attached hydrogens (primary N) is 1. The molecule has 0 bridgehead atoms. The Morgan fingerprint density at radius 3 is 3.05 bits per heavy atom. The van der Waals surface area contributed by atoms with Gasteiger partial charge in [0.15, 0.2) is 5.82 Å². The van der Waals surface area contributed by atoms with Gasteiger partial charge in [0.1, 0.15) is 6.10 Å². The van der Waals surface area contributed by atoms with Crippen molar-refractivity contribution in [2.75, 3.05) is 12.3 Å². The molecule has 3 rings (SSSR count). The first-order valence-electron chi connectivity index (χ1n) is 5.97. The predicted octanol–water partition coefficient (Wildman–Crippen LogP) is -1.15. The molecule has 2 aromatic heterocycles. The zero-order valence-electron chi connectivity index (χ0n) is 10.3. The number of nitrogens with zero attached hydrogens (tertiary/aromatic N) is 4. The minimum atomic E-state index is -0.449. The minimum absolute atomic E-state index is 0.0112. The van der Waals surface area contributed by atoms with Crippen molar-refractivity contribution in [2.45, 2.75) is 25.6 Å². The second kappa shape index (κ2) is 4.28. The maximum absolute atomic E-state index is 11.7. The molecule has 0 unspecified atom stereocenters. The van der Waals surface area contributed by atoms with Gasteiger partial charge in [0.25, 0.3) is 5.56 Å². The SMILES string of the molecule is C[C@H]1C[C@@H](CO)O[C@H]1c1nnc2c(=O)[nH]c(N)nn12. The second-order valence-corrected chi connectivity index (χ2v) is 4.71. The van der Waals surface area contributed by atoms with Gasteiger partial charge in [-0.2, -0.15) is 4.52 Å². The molecule has 4 N–H and O–H groups in total. The largest absolute Gasteiger partial charge is 0.394 e.